The van der Waals surface area contributed by atoms with Crippen molar-refractivity contribution >= 4 is 23.2 Å². The summed E-state index contributed by atoms with van der Waals surface area (Å²) in [6.07, 6.45) is 2.18. The van der Waals surface area contributed by atoms with Gasteiger partial charge in [0.25, 0.3) is 0 Å². The summed E-state index contributed by atoms with van der Waals surface area (Å²) in [4.78, 5) is 2.46. The van der Waals surface area contributed by atoms with Crippen LogP contribution in [0.25, 0.3) is 0 Å². The number of halogens is 2. The van der Waals surface area contributed by atoms with E-state index >= 15 is 0 Å². The highest BCUT2D eigenvalue weighted by Crippen LogP contribution is 2.74. The maximum Gasteiger partial charge on any atom is 0.146 e. The van der Waals surface area contributed by atoms with E-state index in [1.165, 1.54) is 11.1 Å². The highest BCUT2D eigenvalue weighted by molar-refractivity contribution is 6.52. The maximum absolute atomic E-state index is 6.71. The molecule has 2 aliphatic carbocycles. The summed E-state index contributed by atoms with van der Waals surface area (Å²) in [6, 6.07) is 8.64. The Bertz CT molecular complexity index is 513. The number of aryl methyl sites for hydroxylation is 1. The van der Waals surface area contributed by atoms with E-state index in [0.717, 1.165) is 39.1 Å². The lowest BCUT2D eigenvalue weighted by atomic mass is 9.86. The van der Waals surface area contributed by atoms with Gasteiger partial charge in [0.1, 0.15) is 4.33 Å². The molecule has 2 atom stereocenters. The molecule has 102 valence electrons. The number of morpholine rings is 1. The summed E-state index contributed by atoms with van der Waals surface area (Å²) >= 11 is 13.4. The molecule has 2 fully saturated rings. The fourth-order valence-electron chi connectivity index (χ4n) is 4.14. The Morgan fingerprint density at radius 1 is 1.16 bits per heavy atom. The van der Waals surface area contributed by atoms with Crippen LogP contribution in [0.2, 0.25) is 0 Å². The zero-order valence-electron chi connectivity index (χ0n) is 10.7. The fraction of sp³-hybridized carbons (Fsp3) is 0.600. The molecule has 0 spiro atoms. The number of rotatable bonds is 1. The fourth-order valence-corrected chi connectivity index (χ4v) is 5.27. The van der Waals surface area contributed by atoms with Crippen molar-refractivity contribution < 1.29 is 4.74 Å². The minimum Gasteiger partial charge on any atom is -0.379 e. The molecule has 0 bridgehead atoms. The van der Waals surface area contributed by atoms with Gasteiger partial charge in [-0.25, -0.2) is 0 Å². The van der Waals surface area contributed by atoms with Crippen LogP contribution in [0.3, 0.4) is 0 Å². The summed E-state index contributed by atoms with van der Waals surface area (Å²) in [5, 5.41) is 0. The van der Waals surface area contributed by atoms with Crippen LogP contribution in [-0.2, 0) is 16.7 Å². The van der Waals surface area contributed by atoms with Gasteiger partial charge in [0, 0.05) is 19.0 Å². The molecule has 1 aliphatic heterocycles. The molecule has 1 saturated heterocycles. The number of benzene rings is 1. The van der Waals surface area contributed by atoms with Gasteiger partial charge in [-0.3, -0.25) is 4.90 Å². The molecular formula is C15H17Cl2NO. The van der Waals surface area contributed by atoms with Crippen LogP contribution in [0.4, 0.5) is 0 Å². The molecule has 4 rings (SSSR count). The predicted octanol–water partition coefficient (Wildman–Crippen LogP) is 2.96. The summed E-state index contributed by atoms with van der Waals surface area (Å²) in [5.41, 5.74) is 2.58. The van der Waals surface area contributed by atoms with E-state index in [4.69, 9.17) is 27.9 Å². The summed E-state index contributed by atoms with van der Waals surface area (Å²) in [5.74, 6) is 0.358. The molecule has 0 N–H and O–H groups in total. The molecule has 0 amide bonds. The van der Waals surface area contributed by atoms with E-state index < -0.39 is 4.33 Å². The summed E-state index contributed by atoms with van der Waals surface area (Å²) < 4.78 is 4.84. The van der Waals surface area contributed by atoms with E-state index in [2.05, 4.69) is 29.2 Å². The average molecular weight is 298 g/mol. The van der Waals surface area contributed by atoms with Gasteiger partial charge in [-0.15, -0.1) is 0 Å². The summed E-state index contributed by atoms with van der Waals surface area (Å²) in [6.45, 7) is 3.40. The highest BCUT2D eigenvalue weighted by atomic mass is 35.5. The Balaban J connectivity index is 1.84. The monoisotopic (exact) mass is 297 g/mol. The third-order valence-electron chi connectivity index (χ3n) is 5.01. The highest BCUT2D eigenvalue weighted by Gasteiger charge is 2.79. The van der Waals surface area contributed by atoms with Crippen LogP contribution in [0.1, 0.15) is 17.5 Å². The third-order valence-corrected chi connectivity index (χ3v) is 6.11. The second-order valence-corrected chi connectivity index (χ2v) is 7.12. The van der Waals surface area contributed by atoms with E-state index in [0.29, 0.717) is 5.92 Å². The smallest absolute Gasteiger partial charge is 0.146 e. The van der Waals surface area contributed by atoms with Gasteiger partial charge in [0.05, 0.1) is 18.8 Å². The van der Waals surface area contributed by atoms with E-state index in [1.807, 2.05) is 0 Å². The zero-order valence-corrected chi connectivity index (χ0v) is 12.3. The van der Waals surface area contributed by atoms with Crippen molar-refractivity contribution in [2.75, 3.05) is 26.3 Å². The Morgan fingerprint density at radius 2 is 1.89 bits per heavy atom. The molecule has 4 heteroatoms. The number of alkyl halides is 2. The van der Waals surface area contributed by atoms with Crippen LogP contribution in [0, 0.1) is 5.92 Å². The Kier molecular flexibility index (Phi) is 2.69. The standard InChI is InChI=1S/C15H17Cl2NO/c16-15(17)13-6-5-11-3-1-2-4-12(11)14(13,15)18-7-9-19-10-8-18/h1-4,13H,5-10H2. The molecular weight excluding hydrogens is 281 g/mol. The van der Waals surface area contributed by atoms with Gasteiger partial charge in [-0.05, 0) is 24.0 Å². The topological polar surface area (TPSA) is 12.5 Å². The van der Waals surface area contributed by atoms with E-state index in [-0.39, 0.29) is 5.54 Å². The SMILES string of the molecule is ClC1(Cl)C2CCc3ccccc3C21N1CCOCC1. The molecule has 2 nitrogen and oxygen atoms in total. The number of fused-ring (bicyclic) bond motifs is 3. The van der Waals surface area contributed by atoms with Gasteiger partial charge in [-0.2, -0.15) is 0 Å². The first-order chi connectivity index (χ1) is 9.19. The average Bonchev–Trinajstić information content (AvgIpc) is 2.98. The lowest BCUT2D eigenvalue weighted by Crippen LogP contribution is -2.47. The number of nitrogens with zero attached hydrogens (tertiary/aromatic N) is 1. The minimum absolute atomic E-state index is 0.172. The van der Waals surface area contributed by atoms with Crippen LogP contribution in [-0.4, -0.2) is 35.5 Å². The second-order valence-electron chi connectivity index (χ2n) is 5.74. The lowest BCUT2D eigenvalue weighted by molar-refractivity contribution is 0.00156. The van der Waals surface area contributed by atoms with Crippen molar-refractivity contribution in [3.63, 3.8) is 0 Å². The first kappa shape index (κ1) is 12.5. The number of hydrogen-bond acceptors (Lipinski definition) is 2. The van der Waals surface area contributed by atoms with Crippen molar-refractivity contribution in [2.24, 2.45) is 5.92 Å². The Morgan fingerprint density at radius 3 is 2.68 bits per heavy atom. The van der Waals surface area contributed by atoms with Gasteiger partial charge in [0.15, 0.2) is 0 Å². The number of ether oxygens (including phenoxy) is 1. The lowest BCUT2D eigenvalue weighted by Gasteiger charge is -2.39. The molecule has 19 heavy (non-hydrogen) atoms. The predicted molar refractivity (Wildman–Crippen MR) is 76.8 cm³/mol. The van der Waals surface area contributed by atoms with Gasteiger partial charge >= 0.3 is 0 Å². The molecule has 0 radical (unpaired) electrons. The van der Waals surface area contributed by atoms with Crippen LogP contribution >= 0.6 is 23.2 Å². The van der Waals surface area contributed by atoms with Gasteiger partial charge in [-0.1, -0.05) is 47.5 Å². The van der Waals surface area contributed by atoms with Crippen LogP contribution in [0.15, 0.2) is 24.3 Å². The first-order valence-corrected chi connectivity index (χ1v) is 7.73. The maximum atomic E-state index is 6.71. The van der Waals surface area contributed by atoms with E-state index in [9.17, 15) is 0 Å². The van der Waals surface area contributed by atoms with Crippen LogP contribution < -0.4 is 0 Å². The third kappa shape index (κ3) is 1.46. The second kappa shape index (κ2) is 4.11. The van der Waals surface area contributed by atoms with Crippen molar-refractivity contribution in [3.8, 4) is 0 Å². The number of hydrogen-bond donors (Lipinski definition) is 0. The van der Waals surface area contributed by atoms with Crippen LogP contribution in [0.5, 0.6) is 0 Å². The molecule has 1 aromatic rings. The largest absolute Gasteiger partial charge is 0.379 e. The first-order valence-electron chi connectivity index (χ1n) is 6.98. The Hall–Kier alpha value is -0.280. The quantitative estimate of drug-likeness (QED) is 0.739. The molecule has 1 heterocycles. The molecule has 2 unspecified atom stereocenters. The van der Waals surface area contributed by atoms with E-state index in [1.54, 1.807) is 0 Å². The van der Waals surface area contributed by atoms with Gasteiger partial charge < -0.3 is 4.74 Å². The van der Waals surface area contributed by atoms with Crippen molar-refractivity contribution in [1.29, 1.82) is 0 Å². The van der Waals surface area contributed by atoms with Crippen molar-refractivity contribution in [3.05, 3.63) is 35.4 Å². The Labute approximate surface area is 123 Å². The molecule has 3 aliphatic rings. The molecule has 1 aromatic carbocycles. The normalized spacial score (nSPS) is 36.4. The van der Waals surface area contributed by atoms with Crippen molar-refractivity contribution in [1.82, 2.24) is 4.90 Å². The zero-order chi connectivity index (χ0) is 13.1. The minimum atomic E-state index is -0.642. The summed E-state index contributed by atoms with van der Waals surface area (Å²) in [7, 11) is 0. The molecule has 0 aromatic heterocycles. The van der Waals surface area contributed by atoms with Crippen molar-refractivity contribution in [2.45, 2.75) is 22.7 Å². The van der Waals surface area contributed by atoms with Gasteiger partial charge in [0.2, 0.25) is 0 Å². The molecule has 1 saturated carbocycles.